The number of carboxylic acid groups (broad SMARTS) is 1. The molecule has 3 rings (SSSR count). The van der Waals surface area contributed by atoms with Crippen LogP contribution < -0.4 is 0 Å². The fourth-order valence-electron chi connectivity index (χ4n) is 3.84. The van der Waals surface area contributed by atoms with Crippen molar-refractivity contribution in [1.82, 2.24) is 0 Å². The molecule has 3 saturated carbocycles. The maximum atomic E-state index is 11.8. The van der Waals surface area contributed by atoms with Crippen molar-refractivity contribution in [1.29, 1.82) is 0 Å². The third kappa shape index (κ3) is 0.880. The Kier molecular flexibility index (Phi) is 1.91. The van der Waals surface area contributed by atoms with Gasteiger partial charge in [0.15, 0.2) is 0 Å². The topological polar surface area (TPSA) is 63.6 Å². The summed E-state index contributed by atoms with van der Waals surface area (Å²) in [5.74, 6) is -1.63. The summed E-state index contributed by atoms with van der Waals surface area (Å²) in [7, 11) is 1.33. The molecule has 84 valence electrons. The lowest BCUT2D eigenvalue weighted by atomic mass is 9.44. The number of carbonyl (C=O) groups is 2. The summed E-state index contributed by atoms with van der Waals surface area (Å²) in [6.07, 6.45) is 1.47. The van der Waals surface area contributed by atoms with E-state index >= 15 is 0 Å². The Bertz CT molecular complexity index is 333. The third-order valence-electron chi connectivity index (χ3n) is 4.68. The Morgan fingerprint density at radius 3 is 2.40 bits per heavy atom. The molecule has 0 saturated heterocycles. The molecule has 0 aromatic heterocycles. The summed E-state index contributed by atoms with van der Waals surface area (Å²) in [5, 5.41) is 9.15. The van der Waals surface area contributed by atoms with Crippen LogP contribution in [0.1, 0.15) is 26.7 Å². The van der Waals surface area contributed by atoms with Crippen molar-refractivity contribution in [2.24, 2.45) is 22.7 Å². The first-order valence-electron chi connectivity index (χ1n) is 5.21. The molecular formula is C11H16O4. The molecule has 0 aromatic carbocycles. The fraction of sp³-hybridized carbons (Fsp3) is 0.818. The molecule has 0 spiro atoms. The molecule has 3 fully saturated rings. The molecular weight excluding hydrogens is 196 g/mol. The van der Waals surface area contributed by atoms with Crippen LogP contribution in [-0.4, -0.2) is 24.2 Å². The van der Waals surface area contributed by atoms with Crippen molar-refractivity contribution in [3.8, 4) is 0 Å². The Hall–Kier alpha value is -1.06. The molecule has 3 aliphatic carbocycles. The number of methoxy groups -OCH3 is 1. The van der Waals surface area contributed by atoms with Crippen molar-refractivity contribution in [2.75, 3.05) is 7.11 Å². The summed E-state index contributed by atoms with van der Waals surface area (Å²) in [6, 6.07) is 0. The average molecular weight is 212 g/mol. The summed E-state index contributed by atoms with van der Waals surface area (Å²) < 4.78 is 4.79. The van der Waals surface area contributed by atoms with E-state index in [1.807, 2.05) is 13.8 Å². The Labute approximate surface area is 88.6 Å². The Morgan fingerprint density at radius 1 is 1.40 bits per heavy atom. The zero-order valence-corrected chi connectivity index (χ0v) is 9.24. The monoisotopic (exact) mass is 212 g/mol. The molecule has 15 heavy (non-hydrogen) atoms. The predicted molar refractivity (Wildman–Crippen MR) is 52.1 cm³/mol. The van der Waals surface area contributed by atoms with E-state index in [0.29, 0.717) is 6.42 Å². The summed E-state index contributed by atoms with van der Waals surface area (Å²) in [6.45, 7) is 3.95. The van der Waals surface area contributed by atoms with Gasteiger partial charge in [-0.05, 0) is 24.2 Å². The van der Waals surface area contributed by atoms with Crippen LogP contribution >= 0.6 is 0 Å². The van der Waals surface area contributed by atoms with Crippen LogP contribution in [0.15, 0.2) is 0 Å². The normalized spacial score (nSPS) is 40.7. The molecule has 0 radical (unpaired) electrons. The molecule has 0 heterocycles. The SMILES string of the molecule is COC(=O)[C@]12CC[C@H]([C@@H]1C(=O)O)C2(C)C. The second-order valence-corrected chi connectivity index (χ2v) is 5.15. The first-order valence-corrected chi connectivity index (χ1v) is 5.21. The summed E-state index contributed by atoms with van der Waals surface area (Å²) in [4.78, 5) is 23.0. The summed E-state index contributed by atoms with van der Waals surface area (Å²) >= 11 is 0. The van der Waals surface area contributed by atoms with Gasteiger partial charge in [-0.1, -0.05) is 13.8 Å². The highest BCUT2D eigenvalue weighted by molar-refractivity contribution is 5.89. The standard InChI is InChI=1S/C11H16O4/c1-10(2)6-4-5-11(10,9(14)15-3)7(6)8(12)13/h6-7H,4-5H2,1-3H3,(H,12,13)/t6-,7-,11+/m1/s1. The summed E-state index contributed by atoms with van der Waals surface area (Å²) in [5.41, 5.74) is -1.01. The van der Waals surface area contributed by atoms with Crippen LogP contribution in [0.5, 0.6) is 0 Å². The third-order valence-corrected chi connectivity index (χ3v) is 4.68. The minimum Gasteiger partial charge on any atom is -0.481 e. The van der Waals surface area contributed by atoms with Gasteiger partial charge in [-0.15, -0.1) is 0 Å². The predicted octanol–water partition coefficient (Wildman–Crippen LogP) is 1.30. The lowest BCUT2D eigenvalue weighted by Crippen LogP contribution is -2.63. The van der Waals surface area contributed by atoms with Crippen molar-refractivity contribution >= 4 is 11.9 Å². The van der Waals surface area contributed by atoms with Gasteiger partial charge in [0.2, 0.25) is 0 Å². The number of aliphatic carboxylic acids is 1. The van der Waals surface area contributed by atoms with Crippen molar-refractivity contribution in [3.63, 3.8) is 0 Å². The number of fused-ring (bicyclic) bond motifs is 1. The lowest BCUT2D eigenvalue weighted by Gasteiger charge is -2.56. The van der Waals surface area contributed by atoms with Gasteiger partial charge in [0.1, 0.15) is 0 Å². The maximum Gasteiger partial charge on any atom is 0.313 e. The zero-order chi connectivity index (χ0) is 11.4. The van der Waals surface area contributed by atoms with Crippen LogP contribution in [0.3, 0.4) is 0 Å². The number of hydrogen-bond donors (Lipinski definition) is 1. The molecule has 0 unspecified atom stereocenters. The molecule has 2 bridgehead atoms. The molecule has 0 amide bonds. The van der Waals surface area contributed by atoms with Gasteiger partial charge in [-0.25, -0.2) is 0 Å². The number of carboxylic acids is 1. The Morgan fingerprint density at radius 2 is 2.00 bits per heavy atom. The molecule has 0 aliphatic heterocycles. The number of ether oxygens (including phenoxy) is 1. The van der Waals surface area contributed by atoms with Crippen LogP contribution in [-0.2, 0) is 14.3 Å². The molecule has 3 aliphatic rings. The quantitative estimate of drug-likeness (QED) is 0.701. The first-order chi connectivity index (χ1) is 6.89. The fourth-order valence-corrected chi connectivity index (χ4v) is 3.84. The van der Waals surface area contributed by atoms with E-state index in [1.54, 1.807) is 0 Å². The second kappa shape index (κ2) is 2.74. The van der Waals surface area contributed by atoms with E-state index in [0.717, 1.165) is 6.42 Å². The Balaban J connectivity index is 2.42. The van der Waals surface area contributed by atoms with E-state index in [1.165, 1.54) is 7.11 Å². The molecule has 4 nitrogen and oxygen atoms in total. The van der Waals surface area contributed by atoms with Crippen LogP contribution in [0.25, 0.3) is 0 Å². The minimum absolute atomic E-state index is 0.120. The highest BCUT2D eigenvalue weighted by Crippen LogP contribution is 2.74. The number of rotatable bonds is 2. The second-order valence-electron chi connectivity index (χ2n) is 5.15. The van der Waals surface area contributed by atoms with Gasteiger partial charge in [0.25, 0.3) is 0 Å². The van der Waals surface area contributed by atoms with Crippen LogP contribution in [0, 0.1) is 22.7 Å². The molecule has 1 N–H and O–H groups in total. The van der Waals surface area contributed by atoms with Gasteiger partial charge in [-0.3, -0.25) is 9.59 Å². The number of hydrogen-bond acceptors (Lipinski definition) is 3. The largest absolute Gasteiger partial charge is 0.481 e. The van der Waals surface area contributed by atoms with Gasteiger partial charge in [0, 0.05) is 0 Å². The van der Waals surface area contributed by atoms with E-state index in [2.05, 4.69) is 0 Å². The van der Waals surface area contributed by atoms with Crippen LogP contribution in [0.4, 0.5) is 0 Å². The van der Waals surface area contributed by atoms with Gasteiger partial charge < -0.3 is 9.84 Å². The van der Waals surface area contributed by atoms with Gasteiger partial charge >= 0.3 is 11.9 Å². The highest BCUT2D eigenvalue weighted by atomic mass is 16.5. The van der Waals surface area contributed by atoms with E-state index < -0.39 is 17.3 Å². The number of esters is 1. The molecule has 4 heteroatoms. The van der Waals surface area contributed by atoms with Gasteiger partial charge in [0.05, 0.1) is 18.4 Å². The van der Waals surface area contributed by atoms with E-state index in [9.17, 15) is 9.59 Å². The molecule has 3 atom stereocenters. The average Bonchev–Trinajstić information content (AvgIpc) is 2.68. The minimum atomic E-state index is -0.859. The van der Waals surface area contributed by atoms with E-state index in [-0.39, 0.29) is 17.3 Å². The van der Waals surface area contributed by atoms with Crippen molar-refractivity contribution < 1.29 is 19.4 Å². The first kappa shape index (κ1) is 10.5. The lowest BCUT2D eigenvalue weighted by molar-refractivity contribution is -0.202. The van der Waals surface area contributed by atoms with Gasteiger partial charge in [-0.2, -0.15) is 0 Å². The number of carbonyl (C=O) groups excluding carboxylic acids is 1. The van der Waals surface area contributed by atoms with Crippen molar-refractivity contribution in [3.05, 3.63) is 0 Å². The van der Waals surface area contributed by atoms with E-state index in [4.69, 9.17) is 9.84 Å². The maximum absolute atomic E-state index is 11.8. The van der Waals surface area contributed by atoms with Crippen LogP contribution in [0.2, 0.25) is 0 Å². The molecule has 0 aromatic rings. The smallest absolute Gasteiger partial charge is 0.313 e. The van der Waals surface area contributed by atoms with Crippen molar-refractivity contribution in [2.45, 2.75) is 26.7 Å². The highest BCUT2D eigenvalue weighted by Gasteiger charge is 2.77. The zero-order valence-electron chi connectivity index (χ0n) is 9.24.